The Morgan fingerprint density at radius 1 is 0.821 bits per heavy atom. The van der Waals surface area contributed by atoms with E-state index < -0.39 is 6.04 Å². The highest BCUT2D eigenvalue weighted by Crippen LogP contribution is 2.30. The van der Waals surface area contributed by atoms with Gasteiger partial charge in [0.1, 0.15) is 0 Å². The molecule has 0 radical (unpaired) electrons. The zero-order valence-corrected chi connectivity index (χ0v) is 17.2. The second kappa shape index (κ2) is 7.91. The third-order valence-corrected chi connectivity index (χ3v) is 6.19. The number of hydrogen-bond acceptors (Lipinski definition) is 4. The summed E-state index contributed by atoms with van der Waals surface area (Å²) in [6.07, 6.45) is 0.193. The molecule has 0 saturated carbocycles. The molecule has 8 heteroatoms. The van der Waals surface area contributed by atoms with Crippen LogP contribution in [0, 0.1) is 0 Å². The molecule has 2 fully saturated rings. The Hall–Kier alpha value is -1.79. The fourth-order valence-corrected chi connectivity index (χ4v) is 4.24. The molecular formula is C20H18Cl3N3O2. The molecule has 0 N–H and O–H groups in total. The van der Waals surface area contributed by atoms with Crippen molar-refractivity contribution >= 4 is 58.0 Å². The smallest absolute Gasteiger partial charge is 0.251 e. The zero-order valence-electron chi connectivity index (χ0n) is 14.9. The van der Waals surface area contributed by atoms with Gasteiger partial charge in [0.05, 0.1) is 28.2 Å². The topological polar surface area (TPSA) is 43.9 Å². The first-order valence-corrected chi connectivity index (χ1v) is 10.1. The summed E-state index contributed by atoms with van der Waals surface area (Å²) in [7, 11) is 0. The Morgan fingerprint density at radius 2 is 1.57 bits per heavy atom. The van der Waals surface area contributed by atoms with Gasteiger partial charge in [0.2, 0.25) is 5.91 Å². The first kappa shape index (κ1) is 19.5. The van der Waals surface area contributed by atoms with Crippen molar-refractivity contribution in [1.82, 2.24) is 4.90 Å². The number of carbonyl (C=O) groups is 2. The lowest BCUT2D eigenvalue weighted by atomic mass is 10.1. The summed E-state index contributed by atoms with van der Waals surface area (Å²) in [6, 6.07) is 12.0. The molecule has 1 atom stereocenters. The number of amides is 2. The quantitative estimate of drug-likeness (QED) is 0.677. The van der Waals surface area contributed by atoms with Gasteiger partial charge < -0.3 is 4.90 Å². The van der Waals surface area contributed by atoms with Crippen molar-refractivity contribution in [1.29, 1.82) is 0 Å². The molecule has 0 spiro atoms. The third kappa shape index (κ3) is 3.72. The van der Waals surface area contributed by atoms with Crippen LogP contribution in [0.25, 0.3) is 0 Å². The lowest BCUT2D eigenvalue weighted by molar-refractivity contribution is -0.123. The first-order chi connectivity index (χ1) is 13.4. The van der Waals surface area contributed by atoms with E-state index in [1.165, 1.54) is 4.90 Å². The van der Waals surface area contributed by atoms with Crippen LogP contribution >= 0.6 is 34.8 Å². The molecule has 2 aromatic carbocycles. The maximum atomic E-state index is 12.9. The van der Waals surface area contributed by atoms with Gasteiger partial charge in [0, 0.05) is 36.9 Å². The summed E-state index contributed by atoms with van der Waals surface area (Å²) in [6.45, 7) is 2.86. The van der Waals surface area contributed by atoms with Gasteiger partial charge in [0.25, 0.3) is 5.91 Å². The second-order valence-corrected chi connectivity index (χ2v) is 8.14. The van der Waals surface area contributed by atoms with E-state index in [1.807, 2.05) is 12.1 Å². The number of carbonyl (C=O) groups excluding carboxylic acids is 2. The van der Waals surface area contributed by atoms with Crippen LogP contribution in [0.5, 0.6) is 0 Å². The zero-order chi connectivity index (χ0) is 19.8. The van der Waals surface area contributed by atoms with Gasteiger partial charge in [-0.05, 0) is 36.4 Å². The molecule has 4 rings (SSSR count). The Kier molecular flexibility index (Phi) is 5.52. The molecule has 0 bridgehead atoms. The second-order valence-electron chi connectivity index (χ2n) is 6.89. The monoisotopic (exact) mass is 437 g/mol. The summed E-state index contributed by atoms with van der Waals surface area (Å²) in [4.78, 5) is 31.0. The molecule has 2 aliphatic heterocycles. The van der Waals surface area contributed by atoms with Gasteiger partial charge in [-0.1, -0.05) is 40.9 Å². The summed E-state index contributed by atoms with van der Waals surface area (Å²) in [5, 5.41) is 1.55. The van der Waals surface area contributed by atoms with E-state index in [2.05, 4.69) is 9.80 Å². The average Bonchev–Trinajstić information content (AvgIpc) is 2.98. The minimum Gasteiger partial charge on any atom is -0.369 e. The van der Waals surface area contributed by atoms with Crippen LogP contribution in [-0.2, 0) is 9.59 Å². The number of imide groups is 1. The predicted octanol–water partition coefficient (Wildman–Crippen LogP) is 4.10. The summed E-state index contributed by atoms with van der Waals surface area (Å²) < 4.78 is 0. The van der Waals surface area contributed by atoms with Gasteiger partial charge >= 0.3 is 0 Å². The highest BCUT2D eigenvalue weighted by atomic mass is 35.5. The van der Waals surface area contributed by atoms with Crippen LogP contribution in [0.3, 0.4) is 0 Å². The van der Waals surface area contributed by atoms with Crippen LogP contribution in [0.2, 0.25) is 15.1 Å². The number of nitrogens with zero attached hydrogens (tertiary/aromatic N) is 3. The number of anilines is 2. The lowest BCUT2D eigenvalue weighted by Gasteiger charge is -2.38. The molecule has 2 amide bonds. The van der Waals surface area contributed by atoms with Gasteiger partial charge in [-0.3, -0.25) is 14.5 Å². The van der Waals surface area contributed by atoms with E-state index in [9.17, 15) is 9.59 Å². The van der Waals surface area contributed by atoms with Gasteiger partial charge in [-0.2, -0.15) is 0 Å². The fourth-order valence-electron chi connectivity index (χ4n) is 3.76. The molecule has 0 unspecified atom stereocenters. The molecule has 146 valence electrons. The van der Waals surface area contributed by atoms with E-state index in [1.54, 1.807) is 30.3 Å². The first-order valence-electron chi connectivity index (χ1n) is 9.00. The van der Waals surface area contributed by atoms with E-state index in [0.29, 0.717) is 33.8 Å². The van der Waals surface area contributed by atoms with Crippen molar-refractivity contribution in [2.45, 2.75) is 12.5 Å². The van der Waals surface area contributed by atoms with Crippen LogP contribution in [0.15, 0.2) is 42.5 Å². The molecule has 5 nitrogen and oxygen atoms in total. The minimum atomic E-state index is -0.428. The number of halogens is 3. The molecule has 2 aliphatic rings. The Morgan fingerprint density at radius 3 is 2.25 bits per heavy atom. The Bertz CT molecular complexity index is 929. The van der Waals surface area contributed by atoms with Crippen LogP contribution in [0.1, 0.15) is 6.42 Å². The normalized spacial score (nSPS) is 20.9. The summed E-state index contributed by atoms with van der Waals surface area (Å²) >= 11 is 18.1. The van der Waals surface area contributed by atoms with Crippen molar-refractivity contribution in [3.63, 3.8) is 0 Å². The van der Waals surface area contributed by atoms with E-state index in [-0.39, 0.29) is 18.2 Å². The minimum absolute atomic E-state index is 0.185. The van der Waals surface area contributed by atoms with E-state index in [0.717, 1.165) is 18.8 Å². The molecule has 2 aromatic rings. The Balaban J connectivity index is 1.44. The summed E-state index contributed by atoms with van der Waals surface area (Å²) in [5.41, 5.74) is 1.53. The maximum absolute atomic E-state index is 12.9. The van der Waals surface area contributed by atoms with Crippen LogP contribution in [0.4, 0.5) is 11.4 Å². The van der Waals surface area contributed by atoms with E-state index in [4.69, 9.17) is 34.8 Å². The number of rotatable bonds is 3. The van der Waals surface area contributed by atoms with Crippen molar-refractivity contribution in [2.75, 3.05) is 36.0 Å². The lowest BCUT2D eigenvalue weighted by Crippen LogP contribution is -2.52. The number of hydrogen-bond donors (Lipinski definition) is 0. The summed E-state index contributed by atoms with van der Waals surface area (Å²) in [5.74, 6) is -0.376. The van der Waals surface area contributed by atoms with Gasteiger partial charge in [-0.25, -0.2) is 4.90 Å². The third-order valence-electron chi connectivity index (χ3n) is 5.21. The highest BCUT2D eigenvalue weighted by molar-refractivity contribution is 6.42. The SMILES string of the molecule is O=C1C[C@H](N2CCN(c3ccc(Cl)c(Cl)c3)CC2)C(=O)N1c1cccc(Cl)c1. The molecule has 0 aromatic heterocycles. The highest BCUT2D eigenvalue weighted by Gasteiger charge is 2.43. The van der Waals surface area contributed by atoms with Crippen LogP contribution < -0.4 is 9.80 Å². The van der Waals surface area contributed by atoms with Gasteiger partial charge in [0.15, 0.2) is 0 Å². The largest absolute Gasteiger partial charge is 0.369 e. The molecule has 2 heterocycles. The standard InChI is InChI=1S/C20H18Cl3N3O2/c21-13-2-1-3-15(10-13)26-19(27)12-18(20(26)28)25-8-6-24(7-9-25)14-4-5-16(22)17(23)11-14/h1-5,10-11,18H,6-9,12H2/t18-/m0/s1. The van der Waals surface area contributed by atoms with Crippen LogP contribution in [-0.4, -0.2) is 48.9 Å². The van der Waals surface area contributed by atoms with Crippen molar-refractivity contribution in [2.24, 2.45) is 0 Å². The van der Waals surface area contributed by atoms with Crippen molar-refractivity contribution in [3.05, 3.63) is 57.5 Å². The molecule has 0 aliphatic carbocycles. The molecular weight excluding hydrogens is 421 g/mol. The maximum Gasteiger partial charge on any atom is 0.251 e. The fraction of sp³-hybridized carbons (Fsp3) is 0.300. The predicted molar refractivity (Wildman–Crippen MR) is 113 cm³/mol. The Labute approximate surface area is 178 Å². The van der Waals surface area contributed by atoms with Crippen molar-refractivity contribution < 1.29 is 9.59 Å². The van der Waals surface area contributed by atoms with Gasteiger partial charge in [-0.15, -0.1) is 0 Å². The average molecular weight is 439 g/mol. The van der Waals surface area contributed by atoms with Crippen molar-refractivity contribution in [3.8, 4) is 0 Å². The molecule has 2 saturated heterocycles. The van der Waals surface area contributed by atoms with E-state index >= 15 is 0 Å². The number of benzene rings is 2. The molecule has 28 heavy (non-hydrogen) atoms. The number of piperazine rings is 1.